The van der Waals surface area contributed by atoms with Gasteiger partial charge in [-0.05, 0) is 25.7 Å². The van der Waals surface area contributed by atoms with E-state index in [1.54, 1.807) is 4.90 Å². The van der Waals surface area contributed by atoms with E-state index < -0.39 is 5.97 Å². The monoisotopic (exact) mass is 263 g/mol. The summed E-state index contributed by atoms with van der Waals surface area (Å²) in [6.07, 6.45) is 7.91. The second kappa shape index (κ2) is 6.26. The summed E-state index contributed by atoms with van der Waals surface area (Å²) in [5.74, 6) is -0.972. The molecule has 1 aromatic heterocycles. The van der Waals surface area contributed by atoms with E-state index in [0.29, 0.717) is 18.7 Å². The standard InChI is InChI=1S/C13H17N3O3/c17-12(18)5-4-10-3-1-2-8-16(10)13(19)11-9-14-6-7-15-11/h6-7,9-10H,1-5,8H2,(H,17,18). The highest BCUT2D eigenvalue weighted by atomic mass is 16.4. The molecule has 0 aliphatic carbocycles. The maximum atomic E-state index is 12.3. The molecular formula is C13H17N3O3. The molecule has 1 fully saturated rings. The maximum absolute atomic E-state index is 12.3. The molecule has 1 amide bonds. The number of carbonyl (C=O) groups is 2. The number of hydrogen-bond donors (Lipinski definition) is 1. The van der Waals surface area contributed by atoms with Crippen LogP contribution in [0.1, 0.15) is 42.6 Å². The van der Waals surface area contributed by atoms with Crippen LogP contribution in [0.4, 0.5) is 0 Å². The topological polar surface area (TPSA) is 83.4 Å². The van der Waals surface area contributed by atoms with Crippen molar-refractivity contribution in [2.24, 2.45) is 0 Å². The Balaban J connectivity index is 2.06. The molecule has 0 aromatic carbocycles. The Morgan fingerprint density at radius 1 is 1.37 bits per heavy atom. The van der Waals surface area contributed by atoms with Gasteiger partial charge >= 0.3 is 5.97 Å². The quantitative estimate of drug-likeness (QED) is 0.886. The van der Waals surface area contributed by atoms with Crippen LogP contribution in [0.25, 0.3) is 0 Å². The van der Waals surface area contributed by atoms with Crippen molar-refractivity contribution in [3.8, 4) is 0 Å². The Hall–Kier alpha value is -1.98. The molecule has 1 atom stereocenters. The number of carboxylic acid groups (broad SMARTS) is 1. The van der Waals surface area contributed by atoms with E-state index >= 15 is 0 Å². The normalized spacial score (nSPS) is 19.2. The lowest BCUT2D eigenvalue weighted by Crippen LogP contribution is -2.44. The zero-order chi connectivity index (χ0) is 13.7. The summed E-state index contributed by atoms with van der Waals surface area (Å²) in [4.78, 5) is 32.6. The largest absolute Gasteiger partial charge is 0.481 e. The van der Waals surface area contributed by atoms with E-state index in [9.17, 15) is 9.59 Å². The van der Waals surface area contributed by atoms with E-state index in [4.69, 9.17) is 5.11 Å². The van der Waals surface area contributed by atoms with E-state index in [-0.39, 0.29) is 18.4 Å². The van der Waals surface area contributed by atoms with Crippen LogP contribution in [0.15, 0.2) is 18.6 Å². The number of amides is 1. The molecule has 0 spiro atoms. The van der Waals surface area contributed by atoms with Gasteiger partial charge in [0.05, 0.1) is 6.20 Å². The Morgan fingerprint density at radius 3 is 2.89 bits per heavy atom. The summed E-state index contributed by atoms with van der Waals surface area (Å²) in [6, 6.07) is -0.000596. The van der Waals surface area contributed by atoms with Crippen LogP contribution in [0.3, 0.4) is 0 Å². The summed E-state index contributed by atoms with van der Waals surface area (Å²) in [5.41, 5.74) is 0.324. The summed E-state index contributed by atoms with van der Waals surface area (Å²) in [5, 5.41) is 8.76. The molecule has 1 aliphatic heterocycles. The Kier molecular flexibility index (Phi) is 4.43. The van der Waals surface area contributed by atoms with E-state index in [1.165, 1.54) is 18.6 Å². The molecular weight excluding hydrogens is 246 g/mol. The molecule has 0 saturated carbocycles. The first-order valence-electron chi connectivity index (χ1n) is 6.47. The smallest absolute Gasteiger partial charge is 0.303 e. The Morgan fingerprint density at radius 2 is 2.21 bits per heavy atom. The highest BCUT2D eigenvalue weighted by Gasteiger charge is 2.28. The Bertz CT molecular complexity index is 450. The van der Waals surface area contributed by atoms with Crippen LogP contribution in [-0.4, -0.2) is 44.4 Å². The number of likely N-dealkylation sites (tertiary alicyclic amines) is 1. The van der Waals surface area contributed by atoms with E-state index in [0.717, 1.165) is 19.3 Å². The molecule has 6 heteroatoms. The van der Waals surface area contributed by atoms with E-state index in [2.05, 4.69) is 9.97 Å². The molecule has 1 unspecified atom stereocenters. The van der Waals surface area contributed by atoms with Crippen LogP contribution in [0, 0.1) is 0 Å². The molecule has 2 rings (SSSR count). The van der Waals surface area contributed by atoms with Gasteiger partial charge < -0.3 is 10.0 Å². The third-order valence-electron chi connectivity index (χ3n) is 3.36. The van der Waals surface area contributed by atoms with Gasteiger partial charge in [0.25, 0.3) is 5.91 Å². The minimum Gasteiger partial charge on any atom is -0.481 e. The van der Waals surface area contributed by atoms with Crippen molar-refractivity contribution in [1.29, 1.82) is 0 Å². The summed E-state index contributed by atoms with van der Waals surface area (Å²) in [6.45, 7) is 0.666. The number of carboxylic acids is 1. The van der Waals surface area contributed by atoms with Gasteiger partial charge in [0, 0.05) is 31.4 Å². The molecule has 0 bridgehead atoms. The average Bonchev–Trinajstić information content (AvgIpc) is 2.45. The predicted molar refractivity (Wildman–Crippen MR) is 67.6 cm³/mol. The zero-order valence-corrected chi connectivity index (χ0v) is 10.7. The van der Waals surface area contributed by atoms with Crippen molar-refractivity contribution in [2.45, 2.75) is 38.1 Å². The summed E-state index contributed by atoms with van der Waals surface area (Å²) in [7, 11) is 0. The van der Waals surface area contributed by atoms with Gasteiger partial charge in [-0.3, -0.25) is 14.6 Å². The van der Waals surface area contributed by atoms with Crippen LogP contribution < -0.4 is 0 Å². The fourth-order valence-corrected chi connectivity index (χ4v) is 2.41. The van der Waals surface area contributed by atoms with Crippen molar-refractivity contribution in [1.82, 2.24) is 14.9 Å². The van der Waals surface area contributed by atoms with Gasteiger partial charge in [-0.25, -0.2) is 4.98 Å². The van der Waals surface area contributed by atoms with Gasteiger partial charge in [-0.15, -0.1) is 0 Å². The van der Waals surface area contributed by atoms with Crippen molar-refractivity contribution >= 4 is 11.9 Å². The number of hydrogen-bond acceptors (Lipinski definition) is 4. The average molecular weight is 263 g/mol. The lowest BCUT2D eigenvalue weighted by molar-refractivity contribution is -0.137. The molecule has 1 aromatic rings. The first-order chi connectivity index (χ1) is 9.18. The van der Waals surface area contributed by atoms with Crippen molar-refractivity contribution < 1.29 is 14.7 Å². The fourth-order valence-electron chi connectivity index (χ4n) is 2.41. The molecule has 1 saturated heterocycles. The van der Waals surface area contributed by atoms with Gasteiger partial charge in [-0.2, -0.15) is 0 Å². The number of aromatic nitrogens is 2. The number of piperidine rings is 1. The molecule has 102 valence electrons. The predicted octanol–water partition coefficient (Wildman–Crippen LogP) is 1.34. The van der Waals surface area contributed by atoms with Crippen molar-refractivity contribution in [2.75, 3.05) is 6.54 Å². The molecule has 2 heterocycles. The molecule has 6 nitrogen and oxygen atoms in total. The van der Waals surface area contributed by atoms with Crippen molar-refractivity contribution in [3.63, 3.8) is 0 Å². The zero-order valence-electron chi connectivity index (χ0n) is 10.7. The lowest BCUT2D eigenvalue weighted by atomic mass is 9.97. The maximum Gasteiger partial charge on any atom is 0.303 e. The van der Waals surface area contributed by atoms with E-state index in [1.807, 2.05) is 0 Å². The lowest BCUT2D eigenvalue weighted by Gasteiger charge is -2.35. The summed E-state index contributed by atoms with van der Waals surface area (Å²) >= 11 is 0. The minimum atomic E-state index is -0.822. The molecule has 1 N–H and O–H groups in total. The first-order valence-corrected chi connectivity index (χ1v) is 6.47. The molecule has 1 aliphatic rings. The number of nitrogens with zero attached hydrogens (tertiary/aromatic N) is 3. The third-order valence-corrected chi connectivity index (χ3v) is 3.36. The van der Waals surface area contributed by atoms with Gasteiger partial charge in [0.2, 0.25) is 0 Å². The van der Waals surface area contributed by atoms with Gasteiger partial charge in [0.1, 0.15) is 5.69 Å². The molecule has 19 heavy (non-hydrogen) atoms. The van der Waals surface area contributed by atoms with Crippen LogP contribution >= 0.6 is 0 Å². The molecule has 0 radical (unpaired) electrons. The number of carbonyl (C=O) groups excluding carboxylic acids is 1. The highest BCUT2D eigenvalue weighted by Crippen LogP contribution is 2.22. The van der Waals surface area contributed by atoms with Crippen LogP contribution in [0.5, 0.6) is 0 Å². The highest BCUT2D eigenvalue weighted by molar-refractivity contribution is 5.92. The SMILES string of the molecule is O=C(O)CCC1CCCCN1C(=O)c1cnccn1. The van der Waals surface area contributed by atoms with Gasteiger partial charge in [-0.1, -0.05) is 0 Å². The summed E-state index contributed by atoms with van der Waals surface area (Å²) < 4.78 is 0. The number of rotatable bonds is 4. The Labute approximate surface area is 111 Å². The first kappa shape index (κ1) is 13.5. The van der Waals surface area contributed by atoms with Gasteiger partial charge in [0.15, 0.2) is 0 Å². The number of aliphatic carboxylic acids is 1. The van der Waals surface area contributed by atoms with Crippen LogP contribution in [0.2, 0.25) is 0 Å². The third kappa shape index (κ3) is 3.49. The second-order valence-corrected chi connectivity index (χ2v) is 4.67. The fraction of sp³-hybridized carbons (Fsp3) is 0.538. The second-order valence-electron chi connectivity index (χ2n) is 4.67. The minimum absolute atomic E-state index is 0.000596. The van der Waals surface area contributed by atoms with Crippen molar-refractivity contribution in [3.05, 3.63) is 24.3 Å². The van der Waals surface area contributed by atoms with Crippen LogP contribution in [-0.2, 0) is 4.79 Å².